The van der Waals surface area contributed by atoms with Crippen molar-refractivity contribution in [3.8, 4) is 0 Å². The van der Waals surface area contributed by atoms with Crippen molar-refractivity contribution < 1.29 is 65.1 Å². The van der Waals surface area contributed by atoms with Crippen LogP contribution in [0, 0.1) is 0 Å². The van der Waals surface area contributed by atoms with Crippen LogP contribution in [0.25, 0.3) is 21.5 Å². The van der Waals surface area contributed by atoms with Crippen LogP contribution in [0.4, 0.5) is 17.1 Å². The van der Waals surface area contributed by atoms with Crippen LogP contribution in [0.2, 0.25) is 0 Å². The van der Waals surface area contributed by atoms with Crippen molar-refractivity contribution in [1.29, 1.82) is 0 Å². The van der Waals surface area contributed by atoms with Crippen LogP contribution in [0.5, 0.6) is 0 Å². The van der Waals surface area contributed by atoms with E-state index >= 15 is 0 Å². The van der Waals surface area contributed by atoms with Crippen molar-refractivity contribution >= 4 is 101 Å². The summed E-state index contributed by atoms with van der Waals surface area (Å²) in [4.78, 5) is 13.5. The number of carbonyl (C=O) groups excluding carboxylic acids is 1. The van der Waals surface area contributed by atoms with Gasteiger partial charge in [0.25, 0.3) is 30.4 Å². The summed E-state index contributed by atoms with van der Waals surface area (Å²) in [7, 11) is -19.6. The van der Waals surface area contributed by atoms with Gasteiger partial charge in [0, 0.05) is 90.5 Å². The van der Waals surface area contributed by atoms with Crippen LogP contribution in [0.3, 0.4) is 0 Å². The Morgan fingerprint density at radius 1 is 0.760 bits per heavy atom. The molecule has 19 nitrogen and oxygen atoms in total. The first-order valence-corrected chi connectivity index (χ1v) is 30.9. The van der Waals surface area contributed by atoms with Crippen molar-refractivity contribution in [1.82, 2.24) is 9.62 Å². The Labute approximate surface area is 439 Å². The molecule has 5 aromatic rings. The van der Waals surface area contributed by atoms with E-state index in [9.17, 15) is 60.5 Å². The average Bonchev–Trinajstić information content (AvgIpc) is 3.67. The minimum atomic E-state index is -4.92. The van der Waals surface area contributed by atoms with Crippen molar-refractivity contribution in [3.63, 3.8) is 0 Å². The Bertz CT molecular complexity index is 3780. The van der Waals surface area contributed by atoms with E-state index in [0.29, 0.717) is 40.7 Å². The molecule has 5 aromatic carbocycles. The Kier molecular flexibility index (Phi) is 16.4. The summed E-state index contributed by atoms with van der Waals surface area (Å²) < 4.78 is 159. The second kappa shape index (κ2) is 21.7. The monoisotopic (exact) mass is 1130 g/mol. The first-order valence-electron chi connectivity index (χ1n) is 23.8. The lowest BCUT2D eigenvalue weighted by Crippen LogP contribution is -2.30. The molecule has 0 saturated carbocycles. The number of nitrogens with zero attached hydrogens (tertiary/aromatic N) is 3. The normalized spacial score (nSPS) is 16.4. The van der Waals surface area contributed by atoms with E-state index in [-0.39, 0.29) is 60.5 Å². The largest absolute Gasteiger partial charge is 0.352 e. The molecular weight excluding hydrogens is 1070 g/mol. The Balaban J connectivity index is 1.16. The number of amides is 1. The first kappa shape index (κ1) is 56.9. The lowest BCUT2D eigenvalue weighted by atomic mass is 9.79. The summed E-state index contributed by atoms with van der Waals surface area (Å²) in [6.45, 7) is 10.7. The van der Waals surface area contributed by atoms with Crippen molar-refractivity contribution in [2.45, 2.75) is 92.4 Å². The molecule has 0 saturated heterocycles. The molecule has 1 amide bonds. The summed E-state index contributed by atoms with van der Waals surface area (Å²) in [5.74, 6) is -0.785. The summed E-state index contributed by atoms with van der Waals surface area (Å²) in [6.07, 6.45) is 10.2. The van der Waals surface area contributed by atoms with Gasteiger partial charge >= 0.3 is 0 Å². The number of thiol groups is 1. The molecule has 0 aliphatic carbocycles. The number of nitrogens with one attached hydrogen (secondary N) is 2. The first-order chi connectivity index (χ1) is 35.0. The minimum Gasteiger partial charge on any atom is -0.352 e. The number of hydrogen-bond donors (Lipinski definition) is 6. The molecule has 5 N–H and O–H groups in total. The molecule has 0 bridgehead atoms. The zero-order chi connectivity index (χ0) is 55.1. The third kappa shape index (κ3) is 12.1. The van der Waals surface area contributed by atoms with Crippen molar-refractivity contribution in [2.24, 2.45) is 0 Å². The maximum atomic E-state index is 14.3. The number of fused-ring (bicyclic) bond motifs is 6. The number of anilines is 2. The average molecular weight is 1130 g/mol. The van der Waals surface area contributed by atoms with Crippen LogP contribution < -0.4 is 14.9 Å². The Hall–Kier alpha value is -5.83. The SMILES string of the molecule is CCCN1/C(=C/C=C/C=C/C2=[N+](CCCS(=O)(=O)O)c3ccc4c(S(=O)(=O)N(C)CCCC(=O)NCc5ccc(N[SH](=O)=O)cc5)cccc4c3C2(C)C)C(C)(C)c2c1ccc1c(S(=O)(=O)O)cc(S(=O)(=O)O)cc21. The third-order valence-corrected chi connectivity index (χ3v) is 18.4. The van der Waals surface area contributed by atoms with E-state index in [1.165, 1.54) is 29.6 Å². The standard InChI is InChI=1S/C51H59N5O14S5/c1-7-27-55-42-26-24-38-40(31-36(74(65,66)67)32-44(38)75(68,69)70)49(42)51(4,5)45(55)16-9-8-10-17-46-50(2,3)48-39-14-11-15-43(37(39)23-25-41(48)56(46)29-13-30-72(60,61)62)73(63,64)54(6)28-12-18-47(57)52-33-34-19-21-35(22-20-34)53-71(58)59/h8-11,14-17,19-26,31-32,71H,7,12-13,18,27-30,33H2,1-6H3,(H4-,52,53,57,58,59,60,61,62,65,66,67,68,69,70)/p+1. The highest BCUT2D eigenvalue weighted by molar-refractivity contribution is 7.89. The molecule has 7 rings (SSSR count). The van der Waals surface area contributed by atoms with Crippen molar-refractivity contribution in [3.05, 3.63) is 132 Å². The fourth-order valence-electron chi connectivity index (χ4n) is 10.1. The maximum Gasteiger partial charge on any atom is 0.295 e. The molecule has 0 unspecified atom stereocenters. The summed E-state index contributed by atoms with van der Waals surface area (Å²) in [5.41, 5.74) is 3.81. The van der Waals surface area contributed by atoms with Crippen molar-refractivity contribution in [2.75, 3.05) is 42.1 Å². The predicted octanol–water partition coefficient (Wildman–Crippen LogP) is 7.00. The zero-order valence-electron chi connectivity index (χ0n) is 42.0. The van der Waals surface area contributed by atoms with Gasteiger partial charge in [-0.25, -0.2) is 21.1 Å². The molecule has 2 aliphatic rings. The second-order valence-corrected chi connectivity index (χ2v) is 26.5. The number of carbonyl (C=O) groups is 1. The highest BCUT2D eigenvalue weighted by Crippen LogP contribution is 2.52. The minimum absolute atomic E-state index is 0.0402. The molecule has 0 spiro atoms. The highest BCUT2D eigenvalue weighted by Gasteiger charge is 2.46. The topological polar surface area (TPSA) is 282 Å². The van der Waals surface area contributed by atoms with Gasteiger partial charge in [-0.1, -0.05) is 69.3 Å². The van der Waals surface area contributed by atoms with E-state index in [2.05, 4.69) is 10.0 Å². The van der Waals surface area contributed by atoms with Crippen LogP contribution in [-0.4, -0.2) is 109 Å². The van der Waals surface area contributed by atoms with Gasteiger partial charge in [0.2, 0.25) is 32.5 Å². The lowest BCUT2D eigenvalue weighted by Gasteiger charge is -2.26. The Morgan fingerprint density at radius 2 is 1.44 bits per heavy atom. The van der Waals surface area contributed by atoms with E-state index in [1.807, 2.05) is 74.5 Å². The molecule has 0 aromatic heterocycles. The number of sulfonamides is 1. The molecule has 2 aliphatic heterocycles. The van der Waals surface area contributed by atoms with Crippen LogP contribution >= 0.6 is 0 Å². The summed E-state index contributed by atoms with van der Waals surface area (Å²) in [6, 6.07) is 20.2. The molecule has 0 radical (unpaired) electrons. The molecule has 0 atom stereocenters. The second-order valence-electron chi connectivity index (χ2n) is 19.4. The number of rotatable bonds is 21. The lowest BCUT2D eigenvalue weighted by molar-refractivity contribution is -0.437. The fourth-order valence-corrected chi connectivity index (χ4v) is 13.7. The zero-order valence-corrected chi connectivity index (χ0v) is 46.2. The Morgan fingerprint density at radius 3 is 2.08 bits per heavy atom. The molecule has 0 fully saturated rings. The van der Waals surface area contributed by atoms with Gasteiger partial charge in [-0.05, 0) is 97.1 Å². The van der Waals surface area contributed by atoms with Gasteiger partial charge < -0.3 is 10.2 Å². The summed E-state index contributed by atoms with van der Waals surface area (Å²) in [5, 5.41) is 4.21. The summed E-state index contributed by atoms with van der Waals surface area (Å²) >= 11 is 0. The van der Waals surface area contributed by atoms with E-state index in [1.54, 1.807) is 54.6 Å². The van der Waals surface area contributed by atoms with Gasteiger partial charge in [-0.15, -0.1) is 0 Å². The van der Waals surface area contributed by atoms with Gasteiger partial charge in [-0.3, -0.25) is 23.2 Å². The predicted molar refractivity (Wildman–Crippen MR) is 290 cm³/mol. The molecule has 24 heteroatoms. The fraction of sp³-hybridized carbons (Fsp3) is 0.333. The van der Waals surface area contributed by atoms with Gasteiger partial charge in [0.15, 0.2) is 5.71 Å². The molecule has 402 valence electrons. The molecule has 2 heterocycles. The quantitative estimate of drug-likeness (QED) is 0.0187. The van der Waals surface area contributed by atoms with E-state index in [0.717, 1.165) is 34.3 Å². The number of allylic oxidation sites excluding steroid dienone is 6. The number of benzene rings is 5. The van der Waals surface area contributed by atoms with Gasteiger partial charge in [0.05, 0.1) is 21.0 Å². The molecule has 75 heavy (non-hydrogen) atoms. The van der Waals surface area contributed by atoms with Gasteiger partial charge in [-0.2, -0.15) is 29.8 Å². The third-order valence-electron chi connectivity index (χ3n) is 13.5. The maximum absolute atomic E-state index is 14.3. The smallest absolute Gasteiger partial charge is 0.295 e. The number of hydrogen-bond acceptors (Lipinski definition) is 12. The highest BCUT2D eigenvalue weighted by atomic mass is 32.2. The molecular formula is C51H60N5O14S5+. The van der Waals surface area contributed by atoms with Crippen LogP contribution in [0.15, 0.2) is 130 Å². The van der Waals surface area contributed by atoms with Gasteiger partial charge in [0.1, 0.15) is 11.4 Å². The van der Waals surface area contributed by atoms with E-state index in [4.69, 9.17) is 0 Å². The van der Waals surface area contributed by atoms with E-state index < -0.39 is 77.6 Å². The van der Waals surface area contributed by atoms with Crippen LogP contribution in [0.1, 0.15) is 77.0 Å². The van der Waals surface area contributed by atoms with Crippen LogP contribution in [-0.2, 0) is 73.4 Å².